The number of amides is 2. The maximum Gasteiger partial charge on any atom is 0.257 e. The van der Waals surface area contributed by atoms with Crippen LogP contribution in [0.2, 0.25) is 0 Å². The van der Waals surface area contributed by atoms with E-state index in [4.69, 9.17) is 4.74 Å². The van der Waals surface area contributed by atoms with Gasteiger partial charge in [-0.15, -0.1) is 0 Å². The van der Waals surface area contributed by atoms with Gasteiger partial charge >= 0.3 is 0 Å². The first kappa shape index (κ1) is 18.9. The third-order valence-corrected chi connectivity index (χ3v) is 4.84. The summed E-state index contributed by atoms with van der Waals surface area (Å²) in [5, 5.41) is 0. The lowest BCUT2D eigenvalue weighted by molar-refractivity contribution is 0.0533. The molecule has 0 unspecified atom stereocenters. The second kappa shape index (κ2) is 7.78. The van der Waals surface area contributed by atoms with Gasteiger partial charge in [0.25, 0.3) is 11.8 Å². The largest absolute Gasteiger partial charge is 0.496 e. The van der Waals surface area contributed by atoms with Gasteiger partial charge in [0.05, 0.1) is 12.7 Å². The Morgan fingerprint density at radius 3 is 2.15 bits per heavy atom. The number of hydrogen-bond donors (Lipinski definition) is 0. The van der Waals surface area contributed by atoms with E-state index in [-0.39, 0.29) is 17.6 Å². The Hall–Kier alpha value is -2.89. The highest BCUT2D eigenvalue weighted by molar-refractivity contribution is 5.98. The van der Waals surface area contributed by atoms with Gasteiger partial charge in [-0.1, -0.05) is 11.6 Å². The van der Waals surface area contributed by atoms with E-state index in [1.54, 1.807) is 36.0 Å². The van der Waals surface area contributed by atoms with Gasteiger partial charge in [0.1, 0.15) is 11.6 Å². The van der Waals surface area contributed by atoms with Gasteiger partial charge in [0, 0.05) is 31.7 Å². The lowest BCUT2D eigenvalue weighted by atomic mass is 10.1. The molecule has 1 heterocycles. The van der Waals surface area contributed by atoms with Crippen molar-refractivity contribution in [2.45, 2.75) is 13.8 Å². The third kappa shape index (κ3) is 3.94. The topological polar surface area (TPSA) is 49.9 Å². The van der Waals surface area contributed by atoms with Crippen molar-refractivity contribution in [3.05, 3.63) is 64.5 Å². The van der Waals surface area contributed by atoms with Crippen LogP contribution >= 0.6 is 0 Å². The molecule has 6 heteroatoms. The molecule has 0 aliphatic carbocycles. The number of carbonyl (C=O) groups is 2. The number of nitrogens with zero attached hydrogens (tertiary/aromatic N) is 2. The molecule has 0 aromatic heterocycles. The molecule has 1 aliphatic rings. The molecule has 27 heavy (non-hydrogen) atoms. The summed E-state index contributed by atoms with van der Waals surface area (Å²) >= 11 is 0. The lowest BCUT2D eigenvalue weighted by Crippen LogP contribution is -2.50. The van der Waals surface area contributed by atoms with Crippen LogP contribution in [0.15, 0.2) is 36.4 Å². The molecule has 0 radical (unpaired) electrons. The molecule has 0 spiro atoms. The van der Waals surface area contributed by atoms with Crippen LogP contribution in [-0.4, -0.2) is 54.9 Å². The highest BCUT2D eigenvalue weighted by Gasteiger charge is 2.27. The number of ether oxygens (including phenoxy) is 1. The predicted octanol–water partition coefficient (Wildman–Crippen LogP) is 3.05. The zero-order chi connectivity index (χ0) is 19.6. The molecule has 0 bridgehead atoms. The fourth-order valence-corrected chi connectivity index (χ4v) is 3.23. The molecule has 2 aromatic carbocycles. The first-order valence-corrected chi connectivity index (χ1v) is 8.90. The summed E-state index contributed by atoms with van der Waals surface area (Å²) in [6, 6.07) is 9.88. The van der Waals surface area contributed by atoms with Gasteiger partial charge in [0.2, 0.25) is 0 Å². The van der Waals surface area contributed by atoms with E-state index in [2.05, 4.69) is 0 Å². The summed E-state index contributed by atoms with van der Waals surface area (Å²) in [7, 11) is 1.54. The number of piperazine rings is 1. The molecule has 142 valence electrons. The number of hydrogen-bond acceptors (Lipinski definition) is 3. The van der Waals surface area contributed by atoms with Crippen molar-refractivity contribution in [3.8, 4) is 5.75 Å². The molecule has 0 atom stereocenters. The summed E-state index contributed by atoms with van der Waals surface area (Å²) in [6.07, 6.45) is 0. The first-order valence-electron chi connectivity index (χ1n) is 8.90. The van der Waals surface area contributed by atoms with Crippen molar-refractivity contribution in [2.75, 3.05) is 33.3 Å². The van der Waals surface area contributed by atoms with Crippen LogP contribution in [0.5, 0.6) is 5.75 Å². The quantitative estimate of drug-likeness (QED) is 0.834. The normalized spacial score (nSPS) is 14.2. The Labute approximate surface area is 158 Å². The van der Waals surface area contributed by atoms with E-state index in [0.29, 0.717) is 48.6 Å². The van der Waals surface area contributed by atoms with Crippen LogP contribution in [-0.2, 0) is 0 Å². The first-order chi connectivity index (χ1) is 12.9. The Kier molecular flexibility index (Phi) is 5.44. The van der Waals surface area contributed by atoms with E-state index in [1.807, 2.05) is 19.1 Å². The molecular weight excluding hydrogens is 347 g/mol. The Balaban J connectivity index is 1.68. The number of aryl methyl sites for hydroxylation is 2. The third-order valence-electron chi connectivity index (χ3n) is 4.84. The Bertz CT molecular complexity index is 874. The van der Waals surface area contributed by atoms with Crippen LogP contribution in [0.1, 0.15) is 31.8 Å². The van der Waals surface area contributed by atoms with Crippen molar-refractivity contribution >= 4 is 11.8 Å². The molecule has 5 nitrogen and oxygen atoms in total. The second-order valence-electron chi connectivity index (χ2n) is 6.75. The van der Waals surface area contributed by atoms with Gasteiger partial charge in [-0.2, -0.15) is 0 Å². The standard InChI is InChI=1S/C21H23FN2O3/c1-14-4-7-19(27-3)17(12-14)21(26)24-10-8-23(9-11-24)20(25)16-5-6-18(22)15(2)13-16/h4-7,12-13H,8-11H2,1-3H3. The molecule has 3 rings (SSSR count). The molecule has 0 saturated carbocycles. The maximum atomic E-state index is 13.4. The molecule has 0 N–H and O–H groups in total. The Morgan fingerprint density at radius 1 is 0.926 bits per heavy atom. The van der Waals surface area contributed by atoms with Crippen LogP contribution in [0.4, 0.5) is 4.39 Å². The van der Waals surface area contributed by atoms with Crippen molar-refractivity contribution in [1.29, 1.82) is 0 Å². The summed E-state index contributed by atoms with van der Waals surface area (Å²) in [6.45, 7) is 5.34. The minimum absolute atomic E-state index is 0.0970. The van der Waals surface area contributed by atoms with Gasteiger partial charge in [-0.05, 0) is 49.7 Å². The van der Waals surface area contributed by atoms with Crippen molar-refractivity contribution < 1.29 is 18.7 Å². The van der Waals surface area contributed by atoms with Crippen molar-refractivity contribution in [1.82, 2.24) is 9.80 Å². The van der Waals surface area contributed by atoms with Gasteiger partial charge < -0.3 is 14.5 Å². The lowest BCUT2D eigenvalue weighted by Gasteiger charge is -2.35. The second-order valence-corrected chi connectivity index (χ2v) is 6.75. The minimum atomic E-state index is -0.325. The maximum absolute atomic E-state index is 13.4. The number of benzene rings is 2. The highest BCUT2D eigenvalue weighted by Crippen LogP contribution is 2.22. The van der Waals surface area contributed by atoms with E-state index < -0.39 is 0 Å². The van der Waals surface area contributed by atoms with Crippen LogP contribution in [0.3, 0.4) is 0 Å². The van der Waals surface area contributed by atoms with Gasteiger partial charge in [-0.25, -0.2) is 4.39 Å². The van der Waals surface area contributed by atoms with Crippen molar-refractivity contribution in [2.24, 2.45) is 0 Å². The number of halogens is 1. The average molecular weight is 370 g/mol. The van der Waals surface area contributed by atoms with Crippen LogP contribution < -0.4 is 4.74 Å². The highest BCUT2D eigenvalue weighted by atomic mass is 19.1. The summed E-state index contributed by atoms with van der Waals surface area (Å²) in [5.41, 5.74) is 2.43. The number of carbonyl (C=O) groups excluding carboxylic acids is 2. The van der Waals surface area contributed by atoms with E-state index in [0.717, 1.165) is 5.56 Å². The molecule has 2 amide bonds. The van der Waals surface area contributed by atoms with E-state index >= 15 is 0 Å². The summed E-state index contributed by atoms with van der Waals surface area (Å²) < 4.78 is 18.7. The summed E-state index contributed by atoms with van der Waals surface area (Å²) in [4.78, 5) is 28.9. The van der Waals surface area contributed by atoms with Gasteiger partial charge in [0.15, 0.2) is 0 Å². The van der Waals surface area contributed by atoms with Gasteiger partial charge in [-0.3, -0.25) is 9.59 Å². The molecule has 2 aromatic rings. The SMILES string of the molecule is COc1ccc(C)cc1C(=O)N1CCN(C(=O)c2ccc(F)c(C)c2)CC1. The fraction of sp³-hybridized carbons (Fsp3) is 0.333. The smallest absolute Gasteiger partial charge is 0.257 e. The number of methoxy groups -OCH3 is 1. The zero-order valence-corrected chi connectivity index (χ0v) is 15.8. The zero-order valence-electron chi connectivity index (χ0n) is 15.8. The van der Waals surface area contributed by atoms with Crippen LogP contribution in [0, 0.1) is 19.7 Å². The molecular formula is C21H23FN2O3. The van der Waals surface area contributed by atoms with E-state index in [9.17, 15) is 14.0 Å². The average Bonchev–Trinajstić information content (AvgIpc) is 2.69. The molecule has 1 saturated heterocycles. The predicted molar refractivity (Wildman–Crippen MR) is 101 cm³/mol. The number of rotatable bonds is 3. The van der Waals surface area contributed by atoms with Crippen molar-refractivity contribution in [3.63, 3.8) is 0 Å². The Morgan fingerprint density at radius 2 is 1.56 bits per heavy atom. The molecule has 1 aliphatic heterocycles. The van der Waals surface area contributed by atoms with Crippen LogP contribution in [0.25, 0.3) is 0 Å². The van der Waals surface area contributed by atoms with E-state index in [1.165, 1.54) is 12.1 Å². The monoisotopic (exact) mass is 370 g/mol. The minimum Gasteiger partial charge on any atom is -0.496 e. The summed E-state index contributed by atoms with van der Waals surface area (Å²) in [5.74, 6) is -0.0152. The fourth-order valence-electron chi connectivity index (χ4n) is 3.23. The molecule has 1 fully saturated rings.